The van der Waals surface area contributed by atoms with Gasteiger partial charge in [-0.05, 0) is 68.8 Å². The zero-order chi connectivity index (χ0) is 32.9. The van der Waals surface area contributed by atoms with E-state index in [1.807, 2.05) is 6.07 Å². The fraction of sp³-hybridized carbons (Fsp3) is 0.405. The summed E-state index contributed by atoms with van der Waals surface area (Å²) in [5, 5.41) is 16.2. The molecule has 8 nitrogen and oxygen atoms in total. The summed E-state index contributed by atoms with van der Waals surface area (Å²) in [5.74, 6) is 1.97. The quantitative estimate of drug-likeness (QED) is 0.212. The first-order valence-electron chi connectivity index (χ1n) is 16.6. The van der Waals surface area contributed by atoms with E-state index < -0.39 is 23.3 Å². The minimum absolute atomic E-state index is 0.00112. The van der Waals surface area contributed by atoms with Gasteiger partial charge in [-0.1, -0.05) is 12.0 Å². The standard InChI is InChI=1S/C37H34F3N5O3/c1-3-25-28(39)8-5-20-12-24(46)13-26(29(20)25)30-32(40)33-31(27-11-19(2)48-34(27)30)35(44-16-22-6-7-23(17-44)41-22)43-36(42-33)47-18-37-9-4-10-45(37)15-21(38)14-37/h1,5,8,11-13,21-23,41,46H,4,6-7,9-10,14-18H2,2H3/t21-,22-,23+,37+/m1/s1. The average molecular weight is 654 g/mol. The monoisotopic (exact) mass is 653 g/mol. The number of phenolic OH excluding ortho intramolecular Hbond substituents is 1. The second-order valence-corrected chi connectivity index (χ2v) is 13.9. The first kappa shape index (κ1) is 29.6. The van der Waals surface area contributed by atoms with Gasteiger partial charge in [0.2, 0.25) is 0 Å². The van der Waals surface area contributed by atoms with Crippen molar-refractivity contribution in [3.05, 3.63) is 53.3 Å². The van der Waals surface area contributed by atoms with Gasteiger partial charge in [-0.15, -0.1) is 6.42 Å². The molecule has 0 unspecified atom stereocenters. The molecule has 3 aromatic carbocycles. The van der Waals surface area contributed by atoms with Gasteiger partial charge in [-0.25, -0.2) is 13.2 Å². The third kappa shape index (κ3) is 4.46. The van der Waals surface area contributed by atoms with Gasteiger partial charge in [0.1, 0.15) is 47.0 Å². The molecule has 0 aliphatic carbocycles. The SMILES string of the molecule is C#Cc1c(F)ccc2cc(O)cc(-c3c(F)c4nc(OC[C@@]56CCCN5C[C@H](F)C6)nc(N5C[C@H]6CC[C@@H](C5)N6)c4c4cc(C)oc34)c12. The zero-order valence-electron chi connectivity index (χ0n) is 26.5. The number of hydrogen-bond donors (Lipinski definition) is 2. The van der Waals surface area contributed by atoms with Crippen molar-refractivity contribution in [1.29, 1.82) is 0 Å². The van der Waals surface area contributed by atoms with Crippen molar-refractivity contribution in [3.8, 4) is 35.2 Å². The van der Waals surface area contributed by atoms with E-state index in [0.29, 0.717) is 53.8 Å². The molecular weight excluding hydrogens is 619 g/mol. The van der Waals surface area contributed by atoms with Crippen LogP contribution in [0.5, 0.6) is 11.8 Å². The van der Waals surface area contributed by atoms with Gasteiger partial charge >= 0.3 is 6.01 Å². The van der Waals surface area contributed by atoms with E-state index in [1.54, 1.807) is 6.92 Å². The minimum atomic E-state index is -0.925. The van der Waals surface area contributed by atoms with Gasteiger partial charge < -0.3 is 24.5 Å². The first-order chi connectivity index (χ1) is 23.2. The summed E-state index contributed by atoms with van der Waals surface area (Å²) in [6.07, 6.45) is 9.07. The van der Waals surface area contributed by atoms with Crippen LogP contribution in [0.15, 0.2) is 34.7 Å². The highest BCUT2D eigenvalue weighted by Crippen LogP contribution is 2.47. The topological polar surface area (TPSA) is 86.9 Å². The average Bonchev–Trinajstić information content (AvgIpc) is 3.81. The number of terminal acetylenes is 1. The second-order valence-electron chi connectivity index (χ2n) is 13.9. The van der Waals surface area contributed by atoms with Crippen LogP contribution in [0.2, 0.25) is 0 Å². The molecule has 2 bridgehead atoms. The Kier molecular flexibility index (Phi) is 6.62. The normalized spacial score (nSPS) is 25.4. The van der Waals surface area contributed by atoms with Crippen LogP contribution in [0.25, 0.3) is 43.8 Å². The number of fused-ring (bicyclic) bond motifs is 7. The summed E-state index contributed by atoms with van der Waals surface area (Å²) >= 11 is 0. The Morgan fingerprint density at radius 1 is 1.12 bits per heavy atom. The summed E-state index contributed by atoms with van der Waals surface area (Å²) < 4.78 is 59.7. The lowest BCUT2D eigenvalue weighted by Crippen LogP contribution is -2.51. The molecule has 5 aromatic rings. The maximum Gasteiger partial charge on any atom is 0.319 e. The van der Waals surface area contributed by atoms with Crippen LogP contribution in [-0.2, 0) is 0 Å². The minimum Gasteiger partial charge on any atom is -0.508 e. The number of hydrogen-bond acceptors (Lipinski definition) is 8. The molecule has 0 amide bonds. The number of aromatic hydroxyl groups is 1. The lowest BCUT2D eigenvalue weighted by molar-refractivity contribution is 0.107. The zero-order valence-corrected chi connectivity index (χ0v) is 26.5. The van der Waals surface area contributed by atoms with Crippen molar-refractivity contribution in [2.75, 3.05) is 37.7 Å². The van der Waals surface area contributed by atoms with E-state index >= 15 is 8.78 Å². The van der Waals surface area contributed by atoms with Crippen LogP contribution in [0.3, 0.4) is 0 Å². The number of furan rings is 1. The van der Waals surface area contributed by atoms with Crippen molar-refractivity contribution in [2.24, 2.45) is 0 Å². The molecule has 4 aliphatic rings. The molecular formula is C37H34F3N5O3. The summed E-state index contributed by atoms with van der Waals surface area (Å²) in [6.45, 7) is 4.50. The fourth-order valence-electron chi connectivity index (χ4n) is 8.85. The largest absolute Gasteiger partial charge is 0.508 e. The Balaban J connectivity index is 1.30. The number of nitrogens with one attached hydrogen (secondary N) is 1. The molecule has 0 saturated carbocycles. The highest BCUT2D eigenvalue weighted by molar-refractivity contribution is 6.18. The van der Waals surface area contributed by atoms with Crippen LogP contribution >= 0.6 is 0 Å². The van der Waals surface area contributed by atoms with Crippen LogP contribution in [-0.4, -0.2) is 76.6 Å². The Bertz CT molecular complexity index is 2190. The van der Waals surface area contributed by atoms with Crippen molar-refractivity contribution in [3.63, 3.8) is 0 Å². The Labute approximate surface area is 274 Å². The Morgan fingerprint density at radius 2 is 1.94 bits per heavy atom. The van der Waals surface area contributed by atoms with Crippen LogP contribution in [0, 0.1) is 30.9 Å². The maximum absolute atomic E-state index is 17.5. The summed E-state index contributed by atoms with van der Waals surface area (Å²) in [7, 11) is 0. The number of halogens is 3. The molecule has 246 valence electrons. The van der Waals surface area contributed by atoms with Gasteiger partial charge in [0.15, 0.2) is 5.82 Å². The van der Waals surface area contributed by atoms with Gasteiger partial charge in [0.25, 0.3) is 0 Å². The molecule has 9 rings (SSSR count). The molecule has 2 aromatic heterocycles. The van der Waals surface area contributed by atoms with E-state index in [9.17, 15) is 9.50 Å². The number of piperazine rings is 1. The maximum atomic E-state index is 17.5. The lowest BCUT2D eigenvalue weighted by Gasteiger charge is -2.35. The summed E-state index contributed by atoms with van der Waals surface area (Å²) in [6, 6.07) is 7.94. The lowest BCUT2D eigenvalue weighted by atomic mass is 9.91. The third-order valence-electron chi connectivity index (χ3n) is 10.9. The number of benzene rings is 3. The number of phenols is 1. The number of rotatable bonds is 5. The summed E-state index contributed by atoms with van der Waals surface area (Å²) in [4.78, 5) is 14.0. The summed E-state index contributed by atoms with van der Waals surface area (Å²) in [5.41, 5.74) is -0.0909. The molecule has 2 N–H and O–H groups in total. The molecule has 0 radical (unpaired) electrons. The number of alkyl halides is 1. The number of ether oxygens (including phenoxy) is 1. The van der Waals surface area contributed by atoms with Crippen LogP contribution < -0.4 is 15.0 Å². The van der Waals surface area contributed by atoms with Gasteiger partial charge in [0, 0.05) is 54.5 Å². The molecule has 6 heterocycles. The van der Waals surface area contributed by atoms with Gasteiger partial charge in [-0.3, -0.25) is 4.90 Å². The van der Waals surface area contributed by atoms with Gasteiger partial charge in [-0.2, -0.15) is 9.97 Å². The van der Waals surface area contributed by atoms with E-state index in [1.165, 1.54) is 24.3 Å². The number of aromatic nitrogens is 2. The third-order valence-corrected chi connectivity index (χ3v) is 10.9. The van der Waals surface area contributed by atoms with Crippen molar-refractivity contribution in [2.45, 2.75) is 62.8 Å². The number of aryl methyl sites for hydroxylation is 1. The Hall–Kier alpha value is -4.53. The number of nitrogens with zero attached hydrogens (tertiary/aromatic N) is 4. The molecule has 4 saturated heterocycles. The second kappa shape index (κ2) is 10.7. The van der Waals surface area contributed by atoms with Crippen LogP contribution in [0.4, 0.5) is 19.0 Å². The molecule has 4 fully saturated rings. The molecule has 4 aliphatic heterocycles. The van der Waals surface area contributed by atoms with Crippen molar-refractivity contribution in [1.82, 2.24) is 20.2 Å². The predicted octanol–water partition coefficient (Wildman–Crippen LogP) is 6.37. The number of anilines is 1. The molecule has 11 heteroatoms. The highest BCUT2D eigenvalue weighted by atomic mass is 19.1. The van der Waals surface area contributed by atoms with E-state index in [4.69, 9.17) is 25.5 Å². The van der Waals surface area contributed by atoms with Crippen LogP contribution in [0.1, 0.15) is 43.4 Å². The first-order valence-corrected chi connectivity index (χ1v) is 16.6. The van der Waals surface area contributed by atoms with Crippen molar-refractivity contribution < 1.29 is 27.4 Å². The van der Waals surface area contributed by atoms with Gasteiger partial charge in [0.05, 0.1) is 22.1 Å². The van der Waals surface area contributed by atoms with E-state index in [-0.39, 0.29) is 63.6 Å². The Morgan fingerprint density at radius 3 is 2.73 bits per heavy atom. The fourth-order valence-corrected chi connectivity index (χ4v) is 8.85. The smallest absolute Gasteiger partial charge is 0.319 e. The molecule has 4 atom stereocenters. The predicted molar refractivity (Wildman–Crippen MR) is 177 cm³/mol. The van der Waals surface area contributed by atoms with E-state index in [2.05, 4.69) is 21.0 Å². The molecule has 48 heavy (non-hydrogen) atoms. The molecule has 0 spiro atoms. The van der Waals surface area contributed by atoms with Crippen molar-refractivity contribution >= 4 is 38.5 Å². The van der Waals surface area contributed by atoms with E-state index in [0.717, 1.165) is 32.2 Å². The highest BCUT2D eigenvalue weighted by Gasteiger charge is 2.49.